The summed E-state index contributed by atoms with van der Waals surface area (Å²) < 4.78 is 12.9. The summed E-state index contributed by atoms with van der Waals surface area (Å²) in [6.45, 7) is 0. The van der Waals surface area contributed by atoms with Crippen molar-refractivity contribution in [3.8, 4) is 0 Å². The Kier molecular flexibility index (Phi) is 4.21. The number of halogens is 2. The van der Waals surface area contributed by atoms with Gasteiger partial charge in [-0.25, -0.2) is 19.3 Å². The smallest absolute Gasteiger partial charge is 0.234 e. The van der Waals surface area contributed by atoms with Crippen molar-refractivity contribution < 1.29 is 9.18 Å². The van der Waals surface area contributed by atoms with Crippen LogP contribution < -0.4 is 5.32 Å². The summed E-state index contributed by atoms with van der Waals surface area (Å²) in [5, 5.41) is 3.33. The number of benzene rings is 1. The summed E-state index contributed by atoms with van der Waals surface area (Å²) in [6.07, 6.45) is 3.01. The van der Waals surface area contributed by atoms with Gasteiger partial charge in [-0.3, -0.25) is 4.79 Å². The largest absolute Gasteiger partial charge is 0.330 e. The Morgan fingerprint density at radius 1 is 1.45 bits per heavy atom. The second-order valence-electron chi connectivity index (χ2n) is 4.26. The fourth-order valence-electron chi connectivity index (χ4n) is 1.72. The summed E-state index contributed by atoms with van der Waals surface area (Å²) in [5.74, 6) is -0.605. The molecule has 1 aromatic carbocycles. The average Bonchev–Trinajstić information content (AvgIpc) is 2.91. The molecule has 0 fully saturated rings. The number of nitrogens with one attached hydrogen (secondary N) is 2. The van der Waals surface area contributed by atoms with Gasteiger partial charge in [-0.2, -0.15) is 0 Å². The molecular formula is C13H9ClFN5OS. The van der Waals surface area contributed by atoms with Crippen molar-refractivity contribution >= 4 is 46.1 Å². The van der Waals surface area contributed by atoms with Crippen LogP contribution in [0.4, 0.5) is 10.1 Å². The first-order valence-electron chi connectivity index (χ1n) is 6.15. The lowest BCUT2D eigenvalue weighted by molar-refractivity contribution is -0.113. The molecular weight excluding hydrogens is 329 g/mol. The zero-order chi connectivity index (χ0) is 15.5. The third-order valence-electron chi connectivity index (χ3n) is 2.69. The minimum absolute atomic E-state index is 0.126. The van der Waals surface area contributed by atoms with Crippen LogP contribution in [0.3, 0.4) is 0 Å². The first kappa shape index (κ1) is 14.7. The molecule has 112 valence electrons. The molecule has 0 aliphatic rings. The molecule has 2 aromatic heterocycles. The molecule has 0 aliphatic heterocycles. The van der Waals surface area contributed by atoms with Gasteiger partial charge < -0.3 is 10.3 Å². The van der Waals surface area contributed by atoms with Crippen LogP contribution in [0, 0.1) is 5.82 Å². The van der Waals surface area contributed by atoms with Crippen molar-refractivity contribution in [2.75, 3.05) is 11.1 Å². The summed E-state index contributed by atoms with van der Waals surface area (Å²) in [4.78, 5) is 27.0. The molecule has 0 radical (unpaired) electrons. The summed E-state index contributed by atoms with van der Waals surface area (Å²) in [7, 11) is 0. The predicted molar refractivity (Wildman–Crippen MR) is 82.4 cm³/mol. The van der Waals surface area contributed by atoms with Crippen LogP contribution in [-0.2, 0) is 4.79 Å². The molecule has 0 aliphatic carbocycles. The zero-order valence-corrected chi connectivity index (χ0v) is 12.6. The van der Waals surface area contributed by atoms with E-state index < -0.39 is 5.82 Å². The van der Waals surface area contributed by atoms with Gasteiger partial charge >= 0.3 is 0 Å². The Morgan fingerprint density at radius 3 is 3.09 bits per heavy atom. The number of aromatic amines is 1. The first-order valence-corrected chi connectivity index (χ1v) is 7.51. The van der Waals surface area contributed by atoms with Crippen molar-refractivity contribution in [2.45, 2.75) is 5.16 Å². The number of thioether (sulfide) groups is 1. The van der Waals surface area contributed by atoms with E-state index in [9.17, 15) is 9.18 Å². The maximum Gasteiger partial charge on any atom is 0.234 e. The SMILES string of the molecule is O=C(CSc1nc2ncncc2[nH]1)Nc1ccc(F)cc1Cl. The number of amides is 1. The van der Waals surface area contributed by atoms with E-state index in [0.29, 0.717) is 22.0 Å². The Balaban J connectivity index is 1.62. The highest BCUT2D eigenvalue weighted by molar-refractivity contribution is 7.99. The van der Waals surface area contributed by atoms with E-state index in [-0.39, 0.29) is 16.7 Å². The van der Waals surface area contributed by atoms with Crippen molar-refractivity contribution in [3.63, 3.8) is 0 Å². The van der Waals surface area contributed by atoms with E-state index in [4.69, 9.17) is 11.6 Å². The lowest BCUT2D eigenvalue weighted by Crippen LogP contribution is -2.14. The van der Waals surface area contributed by atoms with Crippen LogP contribution in [0.2, 0.25) is 5.02 Å². The summed E-state index contributed by atoms with van der Waals surface area (Å²) >= 11 is 7.07. The number of carbonyl (C=O) groups excluding carboxylic acids is 1. The number of anilines is 1. The second-order valence-corrected chi connectivity index (χ2v) is 5.63. The molecule has 0 spiro atoms. The van der Waals surface area contributed by atoms with Crippen LogP contribution in [0.25, 0.3) is 11.2 Å². The van der Waals surface area contributed by atoms with Crippen LogP contribution in [-0.4, -0.2) is 31.6 Å². The van der Waals surface area contributed by atoms with Crippen molar-refractivity contribution in [2.24, 2.45) is 0 Å². The zero-order valence-electron chi connectivity index (χ0n) is 11.0. The number of aromatic nitrogens is 4. The second kappa shape index (κ2) is 6.29. The van der Waals surface area contributed by atoms with Gasteiger partial charge in [-0.1, -0.05) is 23.4 Å². The van der Waals surface area contributed by atoms with Crippen LogP contribution in [0.1, 0.15) is 0 Å². The molecule has 0 saturated heterocycles. The predicted octanol–water partition coefficient (Wildman–Crippen LogP) is 2.88. The molecule has 9 heteroatoms. The molecule has 0 unspecified atom stereocenters. The van der Waals surface area contributed by atoms with E-state index in [1.54, 1.807) is 6.20 Å². The topological polar surface area (TPSA) is 83.6 Å². The fraction of sp³-hybridized carbons (Fsp3) is 0.0769. The van der Waals surface area contributed by atoms with E-state index in [1.807, 2.05) is 0 Å². The lowest BCUT2D eigenvalue weighted by Gasteiger charge is -2.06. The minimum Gasteiger partial charge on any atom is -0.330 e. The van der Waals surface area contributed by atoms with Gasteiger partial charge in [-0.15, -0.1) is 0 Å². The van der Waals surface area contributed by atoms with E-state index >= 15 is 0 Å². The van der Waals surface area contributed by atoms with Crippen molar-refractivity contribution in [3.05, 3.63) is 41.6 Å². The number of H-pyrrole nitrogens is 1. The number of imidazole rings is 1. The number of hydrogen-bond donors (Lipinski definition) is 2. The average molecular weight is 338 g/mol. The molecule has 2 N–H and O–H groups in total. The summed E-state index contributed by atoms with van der Waals surface area (Å²) in [5.41, 5.74) is 1.61. The van der Waals surface area contributed by atoms with Gasteiger partial charge in [0, 0.05) is 0 Å². The lowest BCUT2D eigenvalue weighted by atomic mass is 10.3. The van der Waals surface area contributed by atoms with Gasteiger partial charge in [-0.05, 0) is 18.2 Å². The number of hydrogen-bond acceptors (Lipinski definition) is 5. The van der Waals surface area contributed by atoms with Crippen LogP contribution >= 0.6 is 23.4 Å². The number of fused-ring (bicyclic) bond motifs is 1. The summed E-state index contributed by atoms with van der Waals surface area (Å²) in [6, 6.07) is 3.78. The highest BCUT2D eigenvalue weighted by Gasteiger charge is 2.10. The molecule has 22 heavy (non-hydrogen) atoms. The molecule has 3 aromatic rings. The highest BCUT2D eigenvalue weighted by atomic mass is 35.5. The number of carbonyl (C=O) groups is 1. The molecule has 0 bridgehead atoms. The Bertz CT molecular complexity index is 807. The third-order valence-corrected chi connectivity index (χ3v) is 3.87. The van der Waals surface area contributed by atoms with E-state index in [2.05, 4.69) is 25.3 Å². The number of nitrogens with zero attached hydrogens (tertiary/aromatic N) is 3. The van der Waals surface area contributed by atoms with E-state index in [0.717, 1.165) is 6.07 Å². The van der Waals surface area contributed by atoms with E-state index in [1.165, 1.54) is 30.2 Å². The molecule has 1 amide bonds. The monoisotopic (exact) mass is 337 g/mol. The maximum absolute atomic E-state index is 12.9. The molecule has 3 rings (SSSR count). The fourth-order valence-corrected chi connectivity index (χ4v) is 2.61. The Labute approximate surface area is 133 Å². The van der Waals surface area contributed by atoms with Gasteiger partial charge in [0.05, 0.1) is 22.7 Å². The molecule has 0 atom stereocenters. The quantitative estimate of drug-likeness (QED) is 0.715. The standard InChI is InChI=1S/C13H9ClFN5OS/c14-8-3-7(15)1-2-9(8)18-11(21)5-22-13-19-10-4-16-6-17-12(10)20-13/h1-4,6H,5H2,(H,18,21)(H,16,17,19,20). The molecule has 6 nitrogen and oxygen atoms in total. The number of rotatable bonds is 4. The Morgan fingerprint density at radius 2 is 2.32 bits per heavy atom. The van der Waals surface area contributed by atoms with Crippen LogP contribution in [0.15, 0.2) is 35.9 Å². The van der Waals surface area contributed by atoms with Gasteiger partial charge in [0.2, 0.25) is 5.91 Å². The van der Waals surface area contributed by atoms with Gasteiger partial charge in [0.1, 0.15) is 17.7 Å². The van der Waals surface area contributed by atoms with Gasteiger partial charge in [0.25, 0.3) is 0 Å². The van der Waals surface area contributed by atoms with Crippen LogP contribution in [0.5, 0.6) is 0 Å². The highest BCUT2D eigenvalue weighted by Crippen LogP contribution is 2.23. The Hall–Kier alpha value is -2.19. The first-order chi connectivity index (χ1) is 10.6. The normalized spacial score (nSPS) is 10.8. The maximum atomic E-state index is 12.9. The van der Waals surface area contributed by atoms with Gasteiger partial charge in [0.15, 0.2) is 10.8 Å². The van der Waals surface area contributed by atoms with Crippen molar-refractivity contribution in [1.29, 1.82) is 0 Å². The van der Waals surface area contributed by atoms with Crippen molar-refractivity contribution in [1.82, 2.24) is 19.9 Å². The third kappa shape index (κ3) is 3.34. The molecule has 0 saturated carbocycles. The minimum atomic E-state index is -0.458. The molecule has 2 heterocycles.